The fraction of sp³-hybridized carbons (Fsp3) is 0.188. The highest BCUT2D eigenvalue weighted by molar-refractivity contribution is 5.99. The molecule has 1 aliphatic heterocycles. The van der Waals surface area contributed by atoms with Gasteiger partial charge in [0, 0.05) is 16.7 Å². The summed E-state index contributed by atoms with van der Waals surface area (Å²) in [7, 11) is 0. The number of nitrogens with zero attached hydrogens (tertiary/aromatic N) is 1. The number of fused-ring (bicyclic) bond motifs is 1. The van der Waals surface area contributed by atoms with Gasteiger partial charge in [-0.25, -0.2) is 4.39 Å². The first-order chi connectivity index (χ1) is 9.61. The van der Waals surface area contributed by atoms with Gasteiger partial charge in [0.25, 0.3) is 5.91 Å². The molecule has 1 heterocycles. The third kappa shape index (κ3) is 1.80. The maximum absolute atomic E-state index is 13.9. The van der Waals surface area contributed by atoms with Gasteiger partial charge in [0.15, 0.2) is 6.23 Å². The highest BCUT2D eigenvalue weighted by Gasteiger charge is 2.38. The maximum Gasteiger partial charge on any atom is 0.257 e. The first kappa shape index (κ1) is 12.8. The van der Waals surface area contributed by atoms with Crippen LogP contribution in [0.25, 0.3) is 0 Å². The largest absolute Gasteiger partial charge is 0.369 e. The van der Waals surface area contributed by atoms with Gasteiger partial charge in [0.05, 0.1) is 6.04 Å². The van der Waals surface area contributed by atoms with Crippen molar-refractivity contribution in [3.63, 3.8) is 0 Å². The van der Waals surface area contributed by atoms with Gasteiger partial charge in [-0.05, 0) is 19.1 Å². The molecule has 0 saturated carbocycles. The van der Waals surface area contributed by atoms with Crippen molar-refractivity contribution in [3.05, 3.63) is 71.0 Å². The fourth-order valence-electron chi connectivity index (χ4n) is 2.67. The van der Waals surface area contributed by atoms with Crippen molar-refractivity contribution in [2.75, 3.05) is 0 Å². The van der Waals surface area contributed by atoms with Crippen LogP contribution < -0.4 is 0 Å². The average Bonchev–Trinajstić information content (AvgIpc) is 2.71. The number of carbonyl (C=O) groups is 1. The van der Waals surface area contributed by atoms with Crippen LogP contribution in [0.3, 0.4) is 0 Å². The Balaban J connectivity index is 2.01. The molecular formula is C16H14FNO2. The minimum absolute atomic E-state index is 0.274. The number of aliphatic hydroxyl groups excluding tert-OH is 1. The Labute approximate surface area is 116 Å². The van der Waals surface area contributed by atoms with E-state index in [1.165, 1.54) is 11.0 Å². The third-order valence-corrected chi connectivity index (χ3v) is 3.74. The van der Waals surface area contributed by atoms with Crippen molar-refractivity contribution in [3.8, 4) is 0 Å². The van der Waals surface area contributed by atoms with Crippen LogP contribution in [0, 0.1) is 5.82 Å². The van der Waals surface area contributed by atoms with Gasteiger partial charge >= 0.3 is 0 Å². The van der Waals surface area contributed by atoms with Gasteiger partial charge < -0.3 is 10.0 Å². The minimum atomic E-state index is -1.03. The Morgan fingerprint density at radius 3 is 2.50 bits per heavy atom. The zero-order valence-corrected chi connectivity index (χ0v) is 11.0. The predicted octanol–water partition coefficient (Wildman–Crippen LogP) is 3.03. The fourth-order valence-corrected chi connectivity index (χ4v) is 2.67. The molecule has 3 nitrogen and oxygen atoms in total. The van der Waals surface area contributed by atoms with Gasteiger partial charge in [-0.2, -0.15) is 0 Å². The molecule has 2 aromatic rings. The molecule has 20 heavy (non-hydrogen) atoms. The van der Waals surface area contributed by atoms with Gasteiger partial charge in [0.2, 0.25) is 0 Å². The summed E-state index contributed by atoms with van der Waals surface area (Å²) in [5.41, 5.74) is 1.44. The molecule has 2 aromatic carbocycles. The Morgan fingerprint density at radius 1 is 1.15 bits per heavy atom. The highest BCUT2D eigenvalue weighted by Crippen LogP contribution is 2.38. The second-order valence-corrected chi connectivity index (χ2v) is 4.87. The van der Waals surface area contributed by atoms with E-state index in [0.717, 1.165) is 0 Å². The van der Waals surface area contributed by atoms with Crippen molar-refractivity contribution in [1.82, 2.24) is 4.90 Å². The molecule has 2 atom stereocenters. The van der Waals surface area contributed by atoms with Crippen LogP contribution in [-0.4, -0.2) is 15.9 Å². The number of carbonyl (C=O) groups excluding carboxylic acids is 1. The Morgan fingerprint density at radius 2 is 1.80 bits per heavy atom. The second-order valence-electron chi connectivity index (χ2n) is 4.87. The van der Waals surface area contributed by atoms with E-state index >= 15 is 0 Å². The van der Waals surface area contributed by atoms with E-state index in [2.05, 4.69) is 0 Å². The van der Waals surface area contributed by atoms with E-state index in [0.29, 0.717) is 16.7 Å². The summed E-state index contributed by atoms with van der Waals surface area (Å²) in [5.74, 6) is -0.653. The number of benzene rings is 2. The van der Waals surface area contributed by atoms with E-state index in [9.17, 15) is 14.3 Å². The van der Waals surface area contributed by atoms with Crippen molar-refractivity contribution in [1.29, 1.82) is 0 Å². The monoisotopic (exact) mass is 271 g/mol. The molecule has 102 valence electrons. The summed E-state index contributed by atoms with van der Waals surface area (Å²) < 4.78 is 13.9. The maximum atomic E-state index is 13.9. The van der Waals surface area contributed by atoms with Gasteiger partial charge in [-0.3, -0.25) is 4.79 Å². The van der Waals surface area contributed by atoms with E-state index in [-0.39, 0.29) is 11.7 Å². The summed E-state index contributed by atoms with van der Waals surface area (Å²) in [6.07, 6.45) is -1.03. The van der Waals surface area contributed by atoms with Crippen LogP contribution in [0.1, 0.15) is 40.7 Å². The molecule has 0 radical (unpaired) electrons. The zero-order valence-electron chi connectivity index (χ0n) is 11.0. The molecule has 0 spiro atoms. The third-order valence-electron chi connectivity index (χ3n) is 3.74. The Hall–Kier alpha value is -2.20. The van der Waals surface area contributed by atoms with Crippen molar-refractivity contribution >= 4 is 5.91 Å². The lowest BCUT2D eigenvalue weighted by atomic mass is 10.1. The van der Waals surface area contributed by atoms with Crippen LogP contribution in [0.15, 0.2) is 48.5 Å². The van der Waals surface area contributed by atoms with E-state index in [4.69, 9.17) is 0 Å². The smallest absolute Gasteiger partial charge is 0.257 e. The molecule has 0 fully saturated rings. The normalized spacial score (nSPS) is 19.1. The van der Waals surface area contributed by atoms with Crippen LogP contribution in [0.5, 0.6) is 0 Å². The second kappa shape index (κ2) is 4.72. The first-order valence-electron chi connectivity index (χ1n) is 6.45. The summed E-state index contributed by atoms with van der Waals surface area (Å²) >= 11 is 0. The molecule has 0 aromatic heterocycles. The van der Waals surface area contributed by atoms with E-state index < -0.39 is 12.3 Å². The molecular weight excluding hydrogens is 257 g/mol. The Kier molecular flexibility index (Phi) is 3.03. The van der Waals surface area contributed by atoms with E-state index in [1.807, 2.05) is 0 Å². The van der Waals surface area contributed by atoms with Crippen LogP contribution >= 0.6 is 0 Å². The number of hydrogen-bond acceptors (Lipinski definition) is 2. The minimum Gasteiger partial charge on any atom is -0.369 e. The summed E-state index contributed by atoms with van der Waals surface area (Å²) in [4.78, 5) is 13.7. The van der Waals surface area contributed by atoms with Crippen molar-refractivity contribution in [2.24, 2.45) is 0 Å². The van der Waals surface area contributed by atoms with Crippen molar-refractivity contribution in [2.45, 2.75) is 19.2 Å². The zero-order chi connectivity index (χ0) is 14.3. The number of amides is 1. The molecule has 0 bridgehead atoms. The molecule has 0 aliphatic carbocycles. The predicted molar refractivity (Wildman–Crippen MR) is 72.4 cm³/mol. The molecule has 4 heteroatoms. The highest BCUT2D eigenvalue weighted by atomic mass is 19.1. The van der Waals surface area contributed by atoms with Crippen LogP contribution in [0.4, 0.5) is 4.39 Å². The number of hydrogen-bond donors (Lipinski definition) is 1. The SMILES string of the molecule is CC(c1ccccc1F)N1C(=O)c2ccccc2C1O. The molecule has 1 amide bonds. The Bertz CT molecular complexity index is 671. The van der Waals surface area contributed by atoms with Crippen molar-refractivity contribution < 1.29 is 14.3 Å². The average molecular weight is 271 g/mol. The van der Waals surface area contributed by atoms with Crippen LogP contribution in [0.2, 0.25) is 0 Å². The number of aliphatic hydroxyl groups is 1. The van der Waals surface area contributed by atoms with Crippen LogP contribution in [-0.2, 0) is 0 Å². The summed E-state index contributed by atoms with van der Waals surface area (Å²) in [6, 6.07) is 12.7. The van der Waals surface area contributed by atoms with Gasteiger partial charge in [-0.1, -0.05) is 36.4 Å². The molecule has 2 unspecified atom stereocenters. The topological polar surface area (TPSA) is 40.5 Å². The lowest BCUT2D eigenvalue weighted by Gasteiger charge is -2.28. The molecule has 3 rings (SSSR count). The summed E-state index contributed by atoms with van der Waals surface area (Å²) in [5, 5.41) is 10.3. The molecule has 1 N–H and O–H groups in total. The summed E-state index contributed by atoms with van der Waals surface area (Å²) in [6.45, 7) is 1.71. The standard InChI is InChI=1S/C16H14FNO2/c1-10(11-6-4-5-9-14(11)17)18-15(19)12-7-2-3-8-13(12)16(18)20/h2-10,15,19H,1H3. The number of rotatable bonds is 2. The lowest BCUT2D eigenvalue weighted by Crippen LogP contribution is -2.31. The quantitative estimate of drug-likeness (QED) is 0.912. The first-order valence-corrected chi connectivity index (χ1v) is 6.45. The van der Waals surface area contributed by atoms with Gasteiger partial charge in [0.1, 0.15) is 5.82 Å². The van der Waals surface area contributed by atoms with Gasteiger partial charge in [-0.15, -0.1) is 0 Å². The molecule has 0 saturated heterocycles. The number of halogens is 1. The lowest BCUT2D eigenvalue weighted by molar-refractivity contribution is -0.000889. The molecule has 1 aliphatic rings. The van der Waals surface area contributed by atoms with E-state index in [1.54, 1.807) is 49.4 Å².